The molecule has 0 aliphatic heterocycles. The van der Waals surface area contributed by atoms with Crippen molar-refractivity contribution in [2.75, 3.05) is 11.3 Å². The van der Waals surface area contributed by atoms with Crippen LogP contribution in [0.3, 0.4) is 0 Å². The average molecular weight is 303 g/mol. The lowest BCUT2D eigenvalue weighted by atomic mass is 10.5. The van der Waals surface area contributed by atoms with Crippen molar-refractivity contribution in [2.45, 2.75) is 24.8 Å². The summed E-state index contributed by atoms with van der Waals surface area (Å²) in [5, 5.41) is 21.2. The normalized spacial score (nSPS) is 11.7. The molecule has 2 rings (SSSR count). The van der Waals surface area contributed by atoms with Crippen LogP contribution in [-0.2, 0) is 23.0 Å². The number of hydrogen-bond donors (Lipinski definition) is 2. The predicted octanol–water partition coefficient (Wildman–Crippen LogP) is 0.0901. The molecule has 2 aromatic heterocycles. The Morgan fingerprint density at radius 2 is 2.26 bits per heavy atom. The second kappa shape index (κ2) is 5.63. The van der Waals surface area contributed by atoms with Crippen LogP contribution in [0.15, 0.2) is 17.3 Å². The van der Waals surface area contributed by atoms with Crippen molar-refractivity contribution in [3.63, 3.8) is 0 Å². The molecule has 0 unspecified atom stereocenters. The summed E-state index contributed by atoms with van der Waals surface area (Å²) < 4.78 is 27.8. The predicted molar refractivity (Wildman–Crippen MR) is 69.4 cm³/mol. The Morgan fingerprint density at radius 3 is 2.89 bits per heavy atom. The van der Waals surface area contributed by atoms with E-state index in [0.29, 0.717) is 6.42 Å². The minimum absolute atomic E-state index is 0.0224. The van der Waals surface area contributed by atoms with E-state index in [1.807, 2.05) is 6.92 Å². The number of aliphatic hydroxyl groups is 1. The van der Waals surface area contributed by atoms with Gasteiger partial charge in [0, 0.05) is 6.20 Å². The van der Waals surface area contributed by atoms with Crippen LogP contribution in [0, 0.1) is 0 Å². The summed E-state index contributed by atoms with van der Waals surface area (Å²) in [7, 11) is -3.71. The largest absolute Gasteiger partial charge is 0.394 e. The third kappa shape index (κ3) is 3.28. The summed E-state index contributed by atoms with van der Waals surface area (Å²) in [6, 6.07) is 0. The first-order chi connectivity index (χ1) is 9.05. The van der Waals surface area contributed by atoms with Crippen LogP contribution in [-0.4, -0.2) is 40.1 Å². The third-order valence-electron chi connectivity index (χ3n) is 2.24. The Bertz CT molecular complexity index is 648. The van der Waals surface area contributed by atoms with Gasteiger partial charge in [0.05, 0.1) is 19.3 Å². The van der Waals surface area contributed by atoms with Crippen LogP contribution < -0.4 is 4.72 Å². The molecule has 2 aromatic rings. The van der Waals surface area contributed by atoms with E-state index >= 15 is 0 Å². The van der Waals surface area contributed by atoms with E-state index in [1.165, 1.54) is 28.4 Å². The van der Waals surface area contributed by atoms with Gasteiger partial charge in [0.25, 0.3) is 10.0 Å². The van der Waals surface area contributed by atoms with Gasteiger partial charge in [-0.2, -0.15) is 5.10 Å². The molecule has 0 aromatic carbocycles. The topological polar surface area (TPSA) is 110 Å². The lowest BCUT2D eigenvalue weighted by Crippen LogP contribution is -2.12. The molecule has 0 aliphatic carbocycles. The van der Waals surface area contributed by atoms with Crippen molar-refractivity contribution in [2.24, 2.45) is 0 Å². The van der Waals surface area contributed by atoms with Crippen molar-refractivity contribution in [1.82, 2.24) is 20.0 Å². The molecule has 2 N–H and O–H groups in total. The Balaban J connectivity index is 2.16. The van der Waals surface area contributed by atoms with Crippen LogP contribution in [0.2, 0.25) is 0 Å². The van der Waals surface area contributed by atoms with E-state index in [1.54, 1.807) is 0 Å². The first-order valence-electron chi connectivity index (χ1n) is 5.53. The Labute approximate surface area is 114 Å². The van der Waals surface area contributed by atoms with Gasteiger partial charge < -0.3 is 5.11 Å². The molecule has 2 heterocycles. The summed E-state index contributed by atoms with van der Waals surface area (Å²) in [4.78, 5) is 0.0224. The third-order valence-corrected chi connectivity index (χ3v) is 4.65. The van der Waals surface area contributed by atoms with Gasteiger partial charge in [0.15, 0.2) is 0 Å². The number of rotatable bonds is 6. The standard InChI is InChI=1S/C9H13N5O3S2/c1-2-8-11-12-9(18-8)13-19(16,17)7-5-10-14(6-7)3-4-15/h5-6,15H,2-4H2,1H3,(H,12,13). The summed E-state index contributed by atoms with van der Waals surface area (Å²) in [5.41, 5.74) is 0. The molecule has 8 nitrogen and oxygen atoms in total. The lowest BCUT2D eigenvalue weighted by molar-refractivity contribution is 0.269. The second-order valence-corrected chi connectivity index (χ2v) is 6.37. The summed E-state index contributed by atoms with van der Waals surface area (Å²) in [6.45, 7) is 2.05. The van der Waals surface area contributed by atoms with E-state index in [-0.39, 0.29) is 23.2 Å². The fourth-order valence-electron chi connectivity index (χ4n) is 1.32. The maximum absolute atomic E-state index is 12.0. The number of anilines is 1. The molecule has 10 heteroatoms. The number of hydrogen-bond acceptors (Lipinski definition) is 7. The highest BCUT2D eigenvalue weighted by Crippen LogP contribution is 2.19. The molecule has 0 saturated heterocycles. The van der Waals surface area contributed by atoms with Crippen molar-refractivity contribution in [1.29, 1.82) is 0 Å². The monoisotopic (exact) mass is 303 g/mol. The minimum Gasteiger partial charge on any atom is -0.394 e. The van der Waals surface area contributed by atoms with Crippen molar-refractivity contribution in [3.8, 4) is 0 Å². The van der Waals surface area contributed by atoms with Crippen LogP contribution in [0.5, 0.6) is 0 Å². The van der Waals surface area contributed by atoms with Gasteiger partial charge in [0.1, 0.15) is 9.90 Å². The van der Waals surface area contributed by atoms with Gasteiger partial charge in [-0.3, -0.25) is 9.40 Å². The van der Waals surface area contributed by atoms with Crippen LogP contribution >= 0.6 is 11.3 Å². The fourth-order valence-corrected chi connectivity index (χ4v) is 3.18. The maximum Gasteiger partial charge on any atom is 0.266 e. The van der Waals surface area contributed by atoms with E-state index in [9.17, 15) is 8.42 Å². The summed E-state index contributed by atoms with van der Waals surface area (Å²) in [5.74, 6) is 0. The smallest absolute Gasteiger partial charge is 0.266 e. The van der Waals surface area contributed by atoms with Gasteiger partial charge in [-0.25, -0.2) is 8.42 Å². The lowest BCUT2D eigenvalue weighted by Gasteiger charge is -2.00. The minimum atomic E-state index is -3.71. The van der Waals surface area contributed by atoms with Gasteiger partial charge >= 0.3 is 0 Å². The zero-order valence-electron chi connectivity index (χ0n) is 10.1. The Hall–Kier alpha value is -1.52. The molecule has 0 radical (unpaired) electrons. The van der Waals surface area contributed by atoms with Gasteiger partial charge in [-0.1, -0.05) is 18.3 Å². The van der Waals surface area contributed by atoms with E-state index in [4.69, 9.17) is 5.11 Å². The first kappa shape index (κ1) is 13.9. The molecule has 0 spiro atoms. The van der Waals surface area contributed by atoms with Crippen molar-refractivity contribution < 1.29 is 13.5 Å². The summed E-state index contributed by atoms with van der Waals surface area (Å²) in [6.07, 6.45) is 3.27. The highest BCUT2D eigenvalue weighted by atomic mass is 32.2. The van der Waals surface area contributed by atoms with Crippen LogP contribution in [0.1, 0.15) is 11.9 Å². The van der Waals surface area contributed by atoms with Crippen LogP contribution in [0.25, 0.3) is 0 Å². The average Bonchev–Trinajstić information content (AvgIpc) is 2.98. The maximum atomic E-state index is 12.0. The van der Waals surface area contributed by atoms with Crippen molar-refractivity contribution >= 4 is 26.5 Å². The molecule has 0 saturated carbocycles. The first-order valence-corrected chi connectivity index (χ1v) is 7.83. The Kier molecular flexibility index (Phi) is 4.12. The highest BCUT2D eigenvalue weighted by Gasteiger charge is 2.18. The summed E-state index contributed by atoms with van der Waals surface area (Å²) >= 11 is 1.19. The number of nitrogens with one attached hydrogen (secondary N) is 1. The van der Waals surface area contributed by atoms with E-state index in [2.05, 4.69) is 20.0 Å². The SMILES string of the molecule is CCc1nnc(NS(=O)(=O)c2cnn(CCO)c2)s1. The van der Waals surface area contributed by atoms with Gasteiger partial charge in [0.2, 0.25) is 5.13 Å². The quantitative estimate of drug-likeness (QED) is 0.782. The second-order valence-electron chi connectivity index (χ2n) is 3.62. The molecular formula is C9H13N5O3S2. The number of aliphatic hydroxyl groups excluding tert-OH is 1. The number of aryl methyl sites for hydroxylation is 1. The van der Waals surface area contributed by atoms with Crippen LogP contribution in [0.4, 0.5) is 5.13 Å². The molecule has 0 bridgehead atoms. The molecule has 0 atom stereocenters. The number of nitrogens with zero attached hydrogens (tertiary/aromatic N) is 4. The number of sulfonamides is 1. The van der Waals surface area contributed by atoms with E-state index in [0.717, 1.165) is 5.01 Å². The Morgan fingerprint density at radius 1 is 1.47 bits per heavy atom. The van der Waals surface area contributed by atoms with Gasteiger partial charge in [-0.15, -0.1) is 10.2 Å². The zero-order valence-corrected chi connectivity index (χ0v) is 11.8. The zero-order chi connectivity index (χ0) is 13.9. The fraction of sp³-hybridized carbons (Fsp3) is 0.444. The molecular weight excluding hydrogens is 290 g/mol. The van der Waals surface area contributed by atoms with Gasteiger partial charge in [-0.05, 0) is 6.42 Å². The highest BCUT2D eigenvalue weighted by molar-refractivity contribution is 7.93. The number of aromatic nitrogens is 4. The molecule has 0 aliphatic rings. The van der Waals surface area contributed by atoms with Crippen molar-refractivity contribution in [3.05, 3.63) is 17.4 Å². The molecule has 0 fully saturated rings. The molecule has 104 valence electrons. The molecule has 0 amide bonds. The van der Waals surface area contributed by atoms with E-state index < -0.39 is 10.0 Å². The molecule has 19 heavy (non-hydrogen) atoms.